The summed E-state index contributed by atoms with van der Waals surface area (Å²) in [5.41, 5.74) is 3.43. The van der Waals surface area contributed by atoms with E-state index in [-0.39, 0.29) is 17.7 Å². The third-order valence-electron chi connectivity index (χ3n) is 6.33. The van der Waals surface area contributed by atoms with Crippen LogP contribution in [0, 0.1) is 17.8 Å². The highest BCUT2D eigenvalue weighted by atomic mass is 16.3. The number of carbonyl (C=O) groups excluding carboxylic acids is 2. The molecule has 2 fully saturated rings. The molecule has 3 atom stereocenters. The minimum absolute atomic E-state index is 0.0451. The van der Waals surface area contributed by atoms with Gasteiger partial charge in [0.15, 0.2) is 0 Å². The molecule has 1 aromatic heterocycles. The van der Waals surface area contributed by atoms with E-state index in [9.17, 15) is 9.59 Å². The standard InChI is InChI=1S/C21H22N2O3/c24-20(18-10-13-1-2-14(18)9-13)22-17-3-4-19-15(11-17)5-7-23(19)21(25)16-6-8-26-12-16/h3-4,6,8,11-14,18H,1-2,5,7,9-10H2,(H,22,24). The summed E-state index contributed by atoms with van der Waals surface area (Å²) >= 11 is 0. The summed E-state index contributed by atoms with van der Waals surface area (Å²) in [6.07, 6.45) is 8.58. The molecule has 0 spiro atoms. The Morgan fingerprint density at radius 3 is 2.81 bits per heavy atom. The van der Waals surface area contributed by atoms with Gasteiger partial charge in [0.2, 0.25) is 5.91 Å². The largest absolute Gasteiger partial charge is 0.472 e. The molecule has 2 aliphatic carbocycles. The van der Waals surface area contributed by atoms with Crippen molar-refractivity contribution in [3.63, 3.8) is 0 Å². The lowest BCUT2D eigenvalue weighted by atomic mass is 9.88. The van der Waals surface area contributed by atoms with Crippen LogP contribution in [0.25, 0.3) is 0 Å². The first-order valence-corrected chi connectivity index (χ1v) is 9.47. The number of carbonyl (C=O) groups is 2. The molecule has 1 N–H and O–H groups in total. The van der Waals surface area contributed by atoms with E-state index in [1.54, 1.807) is 11.0 Å². The third kappa shape index (κ3) is 2.54. The van der Waals surface area contributed by atoms with Gasteiger partial charge in [0, 0.05) is 23.8 Å². The molecule has 0 radical (unpaired) electrons. The number of amides is 2. The van der Waals surface area contributed by atoms with Gasteiger partial charge in [-0.2, -0.15) is 0 Å². The molecule has 2 heterocycles. The second kappa shape index (κ2) is 6.01. The molecule has 26 heavy (non-hydrogen) atoms. The summed E-state index contributed by atoms with van der Waals surface area (Å²) in [5, 5.41) is 3.11. The lowest BCUT2D eigenvalue weighted by Gasteiger charge is -2.21. The average molecular weight is 350 g/mol. The van der Waals surface area contributed by atoms with E-state index in [1.807, 2.05) is 18.2 Å². The number of furan rings is 1. The van der Waals surface area contributed by atoms with Crippen molar-refractivity contribution >= 4 is 23.2 Å². The zero-order chi connectivity index (χ0) is 17.7. The molecule has 2 saturated carbocycles. The van der Waals surface area contributed by atoms with Crippen molar-refractivity contribution in [1.82, 2.24) is 0 Å². The van der Waals surface area contributed by atoms with Gasteiger partial charge in [-0.3, -0.25) is 9.59 Å². The van der Waals surface area contributed by atoms with Crippen molar-refractivity contribution in [2.75, 3.05) is 16.8 Å². The van der Waals surface area contributed by atoms with Crippen LogP contribution in [0.15, 0.2) is 41.2 Å². The first-order valence-electron chi connectivity index (χ1n) is 9.47. The van der Waals surface area contributed by atoms with Gasteiger partial charge in [0.25, 0.3) is 5.91 Å². The molecular weight excluding hydrogens is 328 g/mol. The zero-order valence-corrected chi connectivity index (χ0v) is 14.6. The lowest BCUT2D eigenvalue weighted by molar-refractivity contribution is -0.121. The number of hydrogen-bond donors (Lipinski definition) is 1. The lowest BCUT2D eigenvalue weighted by Crippen LogP contribution is -2.28. The monoisotopic (exact) mass is 350 g/mol. The Balaban J connectivity index is 1.31. The number of benzene rings is 1. The Morgan fingerprint density at radius 2 is 2.08 bits per heavy atom. The van der Waals surface area contributed by atoms with E-state index >= 15 is 0 Å². The maximum Gasteiger partial charge on any atom is 0.261 e. The van der Waals surface area contributed by atoms with Crippen molar-refractivity contribution in [3.05, 3.63) is 47.9 Å². The van der Waals surface area contributed by atoms with Gasteiger partial charge in [-0.1, -0.05) is 6.42 Å². The van der Waals surface area contributed by atoms with Gasteiger partial charge in [-0.15, -0.1) is 0 Å². The molecule has 5 heteroatoms. The molecule has 3 unspecified atom stereocenters. The normalized spacial score (nSPS) is 26.2. The predicted octanol–water partition coefficient (Wildman–Crippen LogP) is 3.86. The number of rotatable bonds is 3. The molecule has 5 rings (SSSR count). The van der Waals surface area contributed by atoms with E-state index in [2.05, 4.69) is 5.32 Å². The van der Waals surface area contributed by atoms with E-state index in [0.29, 0.717) is 18.0 Å². The Kier molecular flexibility index (Phi) is 3.62. The first-order chi connectivity index (χ1) is 12.7. The summed E-state index contributed by atoms with van der Waals surface area (Å²) in [6, 6.07) is 7.55. The fourth-order valence-corrected chi connectivity index (χ4v) is 5.03. The van der Waals surface area contributed by atoms with Crippen LogP contribution in [0.3, 0.4) is 0 Å². The quantitative estimate of drug-likeness (QED) is 0.914. The molecule has 0 saturated heterocycles. The van der Waals surface area contributed by atoms with Crippen molar-refractivity contribution < 1.29 is 14.0 Å². The number of nitrogens with zero attached hydrogens (tertiary/aromatic N) is 1. The van der Waals surface area contributed by atoms with Gasteiger partial charge in [-0.25, -0.2) is 0 Å². The van der Waals surface area contributed by atoms with Gasteiger partial charge < -0.3 is 14.6 Å². The zero-order valence-electron chi connectivity index (χ0n) is 14.6. The Hall–Kier alpha value is -2.56. The van der Waals surface area contributed by atoms with E-state index in [4.69, 9.17) is 4.42 Å². The minimum Gasteiger partial charge on any atom is -0.472 e. The maximum absolute atomic E-state index is 12.6. The Labute approximate surface area is 152 Å². The fourth-order valence-electron chi connectivity index (χ4n) is 5.03. The number of anilines is 2. The summed E-state index contributed by atoms with van der Waals surface area (Å²) in [4.78, 5) is 27.0. The highest BCUT2D eigenvalue weighted by Crippen LogP contribution is 2.48. The van der Waals surface area contributed by atoms with E-state index in [1.165, 1.54) is 31.8 Å². The number of nitrogens with one attached hydrogen (secondary N) is 1. The van der Waals surface area contributed by atoms with Crippen LogP contribution in [-0.4, -0.2) is 18.4 Å². The van der Waals surface area contributed by atoms with Gasteiger partial charge in [-0.05, 0) is 67.3 Å². The highest BCUT2D eigenvalue weighted by Gasteiger charge is 2.43. The molecule has 5 nitrogen and oxygen atoms in total. The summed E-state index contributed by atoms with van der Waals surface area (Å²) in [7, 11) is 0. The average Bonchev–Trinajstić information content (AvgIpc) is 3.44. The van der Waals surface area contributed by atoms with Crippen molar-refractivity contribution in [2.24, 2.45) is 17.8 Å². The predicted molar refractivity (Wildman–Crippen MR) is 98.1 cm³/mol. The number of fused-ring (bicyclic) bond motifs is 3. The summed E-state index contributed by atoms with van der Waals surface area (Å²) in [5.74, 6) is 1.65. The molecule has 134 valence electrons. The van der Waals surface area contributed by atoms with Gasteiger partial charge in [0.05, 0.1) is 11.8 Å². The van der Waals surface area contributed by atoms with Gasteiger partial charge >= 0.3 is 0 Å². The highest BCUT2D eigenvalue weighted by molar-refractivity contribution is 6.07. The minimum atomic E-state index is -0.0451. The van der Waals surface area contributed by atoms with Crippen LogP contribution in [0.2, 0.25) is 0 Å². The van der Waals surface area contributed by atoms with E-state index < -0.39 is 0 Å². The maximum atomic E-state index is 12.6. The topological polar surface area (TPSA) is 62.6 Å². The molecule has 2 amide bonds. The molecule has 2 aromatic rings. The van der Waals surface area contributed by atoms with Crippen LogP contribution < -0.4 is 10.2 Å². The first kappa shape index (κ1) is 15.7. The third-order valence-corrected chi connectivity index (χ3v) is 6.33. The van der Waals surface area contributed by atoms with Crippen molar-refractivity contribution in [2.45, 2.75) is 32.1 Å². The van der Waals surface area contributed by atoms with Crippen LogP contribution in [0.5, 0.6) is 0 Å². The SMILES string of the molecule is O=C(Nc1ccc2c(c1)CCN2C(=O)c1ccoc1)C1CC2CCC1C2. The van der Waals surface area contributed by atoms with Crippen molar-refractivity contribution in [1.29, 1.82) is 0 Å². The molecular formula is C21H22N2O3. The fraction of sp³-hybridized carbons (Fsp3) is 0.429. The Bertz CT molecular complexity index is 858. The van der Waals surface area contributed by atoms with Crippen LogP contribution in [0.1, 0.15) is 41.6 Å². The van der Waals surface area contributed by atoms with E-state index in [0.717, 1.165) is 35.7 Å². The second-order valence-corrected chi connectivity index (χ2v) is 7.83. The molecule has 1 aromatic carbocycles. The summed E-state index contributed by atoms with van der Waals surface area (Å²) < 4.78 is 5.02. The van der Waals surface area contributed by atoms with Crippen LogP contribution in [0.4, 0.5) is 11.4 Å². The second-order valence-electron chi connectivity index (χ2n) is 7.83. The smallest absolute Gasteiger partial charge is 0.261 e. The molecule has 1 aliphatic heterocycles. The molecule has 2 bridgehead atoms. The number of hydrogen-bond acceptors (Lipinski definition) is 3. The van der Waals surface area contributed by atoms with Crippen LogP contribution >= 0.6 is 0 Å². The van der Waals surface area contributed by atoms with Crippen LogP contribution in [-0.2, 0) is 11.2 Å². The van der Waals surface area contributed by atoms with Gasteiger partial charge in [0.1, 0.15) is 6.26 Å². The van der Waals surface area contributed by atoms with Crippen molar-refractivity contribution in [3.8, 4) is 0 Å². The summed E-state index contributed by atoms with van der Waals surface area (Å²) in [6.45, 7) is 0.656. The molecule has 3 aliphatic rings. The Morgan fingerprint density at radius 1 is 1.15 bits per heavy atom.